The number of aliphatic carboxylic acids is 1. The summed E-state index contributed by atoms with van der Waals surface area (Å²) < 4.78 is 1.75. The topological polar surface area (TPSA) is 54.6 Å². The van der Waals surface area contributed by atoms with E-state index in [0.29, 0.717) is 0 Å². The van der Waals surface area contributed by atoms with E-state index in [1.165, 1.54) is 0 Å². The van der Waals surface area contributed by atoms with Gasteiger partial charge in [-0.1, -0.05) is 36.4 Å². The number of carboxylic acids is 1. The predicted molar refractivity (Wildman–Crippen MR) is 77.3 cm³/mol. The zero-order valence-corrected chi connectivity index (χ0v) is 10.6. The van der Waals surface area contributed by atoms with Gasteiger partial charge in [-0.15, -0.1) is 0 Å². The van der Waals surface area contributed by atoms with E-state index in [1.54, 1.807) is 10.6 Å². The molecular formula is C16H12N2O2. The van der Waals surface area contributed by atoms with Crippen molar-refractivity contribution in [1.82, 2.24) is 9.61 Å². The van der Waals surface area contributed by atoms with Crippen molar-refractivity contribution in [2.45, 2.75) is 0 Å². The van der Waals surface area contributed by atoms with Crippen molar-refractivity contribution in [1.29, 1.82) is 0 Å². The van der Waals surface area contributed by atoms with Gasteiger partial charge in [0.1, 0.15) is 5.69 Å². The third kappa shape index (κ3) is 2.19. The first-order chi connectivity index (χ1) is 9.75. The molecule has 0 aliphatic carbocycles. The lowest BCUT2D eigenvalue weighted by molar-refractivity contribution is -0.131. The average Bonchev–Trinajstić information content (AvgIpc) is 2.84. The molecule has 0 saturated heterocycles. The van der Waals surface area contributed by atoms with E-state index in [-0.39, 0.29) is 0 Å². The first kappa shape index (κ1) is 12.2. The Morgan fingerprint density at radius 1 is 1.10 bits per heavy atom. The van der Waals surface area contributed by atoms with Gasteiger partial charge >= 0.3 is 5.97 Å². The molecule has 0 aliphatic rings. The minimum Gasteiger partial charge on any atom is -0.478 e. The van der Waals surface area contributed by atoms with Crippen molar-refractivity contribution in [3.63, 3.8) is 0 Å². The quantitative estimate of drug-likeness (QED) is 0.739. The van der Waals surface area contributed by atoms with Crippen LogP contribution in [0.3, 0.4) is 0 Å². The number of aromatic nitrogens is 2. The van der Waals surface area contributed by atoms with Crippen LogP contribution in [0.25, 0.3) is 22.9 Å². The Labute approximate surface area is 115 Å². The third-order valence-corrected chi connectivity index (χ3v) is 3.02. The van der Waals surface area contributed by atoms with Crippen molar-refractivity contribution in [2.24, 2.45) is 0 Å². The van der Waals surface area contributed by atoms with Gasteiger partial charge in [-0.25, -0.2) is 9.31 Å². The minimum absolute atomic E-state index is 0.773. The highest BCUT2D eigenvalue weighted by atomic mass is 16.4. The lowest BCUT2D eigenvalue weighted by Crippen LogP contribution is -1.86. The van der Waals surface area contributed by atoms with Gasteiger partial charge in [-0.2, -0.15) is 5.10 Å². The Balaban J connectivity index is 2.25. The van der Waals surface area contributed by atoms with E-state index in [9.17, 15) is 4.79 Å². The molecule has 3 aromatic rings. The molecule has 98 valence electrons. The summed E-state index contributed by atoms with van der Waals surface area (Å²) in [5.74, 6) is -0.973. The van der Waals surface area contributed by atoms with E-state index < -0.39 is 5.97 Å². The molecule has 20 heavy (non-hydrogen) atoms. The molecule has 0 fully saturated rings. The van der Waals surface area contributed by atoms with Crippen LogP contribution in [0.2, 0.25) is 0 Å². The van der Waals surface area contributed by atoms with E-state index in [0.717, 1.165) is 28.4 Å². The number of carboxylic acid groups (broad SMARTS) is 1. The maximum absolute atomic E-state index is 10.8. The molecule has 0 radical (unpaired) electrons. The van der Waals surface area contributed by atoms with Crippen LogP contribution in [0.15, 0.2) is 60.8 Å². The molecular weight excluding hydrogens is 252 g/mol. The molecule has 0 atom stereocenters. The number of nitrogens with zero attached hydrogens (tertiary/aromatic N) is 2. The van der Waals surface area contributed by atoms with Crippen molar-refractivity contribution in [2.75, 3.05) is 0 Å². The van der Waals surface area contributed by atoms with Crippen LogP contribution < -0.4 is 0 Å². The van der Waals surface area contributed by atoms with Crippen LogP contribution in [0.5, 0.6) is 0 Å². The van der Waals surface area contributed by atoms with Crippen molar-refractivity contribution < 1.29 is 9.90 Å². The zero-order valence-electron chi connectivity index (χ0n) is 10.6. The van der Waals surface area contributed by atoms with Gasteiger partial charge in [0, 0.05) is 23.4 Å². The highest BCUT2D eigenvalue weighted by molar-refractivity contribution is 5.91. The lowest BCUT2D eigenvalue weighted by atomic mass is 10.1. The summed E-state index contributed by atoms with van der Waals surface area (Å²) >= 11 is 0. The number of benzene rings is 1. The van der Waals surface area contributed by atoms with Gasteiger partial charge in [0.05, 0.1) is 5.52 Å². The number of hydrogen-bond acceptors (Lipinski definition) is 2. The first-order valence-electron chi connectivity index (χ1n) is 6.19. The van der Waals surface area contributed by atoms with Gasteiger partial charge < -0.3 is 5.11 Å². The fourth-order valence-electron chi connectivity index (χ4n) is 2.15. The maximum atomic E-state index is 10.8. The molecule has 1 N–H and O–H groups in total. The molecule has 2 heterocycles. The number of pyridine rings is 1. The van der Waals surface area contributed by atoms with Gasteiger partial charge in [-0.3, -0.25) is 0 Å². The second-order valence-electron chi connectivity index (χ2n) is 4.33. The van der Waals surface area contributed by atoms with Gasteiger partial charge in [0.25, 0.3) is 0 Å². The summed E-state index contributed by atoms with van der Waals surface area (Å²) in [6, 6.07) is 15.4. The Morgan fingerprint density at radius 3 is 2.60 bits per heavy atom. The van der Waals surface area contributed by atoms with Crippen LogP contribution >= 0.6 is 0 Å². The largest absolute Gasteiger partial charge is 0.478 e. The van der Waals surface area contributed by atoms with Crippen molar-refractivity contribution in [3.8, 4) is 11.3 Å². The standard InChI is InChI=1S/C16H12N2O2/c19-15(20)10-9-13-14-8-4-5-11-18(14)17-16(13)12-6-2-1-3-7-12/h1-11H,(H,19,20)/b10-9+. The SMILES string of the molecule is O=C(O)/C=C/c1c(-c2ccccc2)nn2ccccc12. The number of carbonyl (C=O) groups is 1. The Hall–Kier alpha value is -2.88. The minimum atomic E-state index is -0.973. The van der Waals surface area contributed by atoms with Crippen LogP contribution in [0.4, 0.5) is 0 Å². The van der Waals surface area contributed by atoms with Crippen LogP contribution in [-0.2, 0) is 4.79 Å². The monoisotopic (exact) mass is 264 g/mol. The van der Waals surface area contributed by atoms with E-state index in [2.05, 4.69) is 5.10 Å². The second kappa shape index (κ2) is 5.01. The second-order valence-corrected chi connectivity index (χ2v) is 4.33. The highest BCUT2D eigenvalue weighted by Crippen LogP contribution is 2.27. The lowest BCUT2D eigenvalue weighted by Gasteiger charge is -1.97. The number of rotatable bonds is 3. The van der Waals surface area contributed by atoms with Crippen LogP contribution in [0, 0.1) is 0 Å². The molecule has 0 spiro atoms. The summed E-state index contributed by atoms with van der Waals surface area (Å²) in [5.41, 5.74) is 3.42. The molecule has 0 amide bonds. The van der Waals surface area contributed by atoms with Gasteiger partial charge in [-0.05, 0) is 18.2 Å². The highest BCUT2D eigenvalue weighted by Gasteiger charge is 2.11. The fourth-order valence-corrected chi connectivity index (χ4v) is 2.15. The van der Waals surface area contributed by atoms with E-state index >= 15 is 0 Å². The fraction of sp³-hybridized carbons (Fsp3) is 0. The summed E-state index contributed by atoms with van der Waals surface area (Å²) in [7, 11) is 0. The normalized spacial score (nSPS) is 11.2. The molecule has 4 heteroatoms. The number of hydrogen-bond donors (Lipinski definition) is 1. The van der Waals surface area contributed by atoms with Crippen LogP contribution in [-0.4, -0.2) is 20.7 Å². The first-order valence-corrected chi connectivity index (χ1v) is 6.19. The molecule has 2 aromatic heterocycles. The summed E-state index contributed by atoms with van der Waals surface area (Å²) in [4.78, 5) is 10.8. The summed E-state index contributed by atoms with van der Waals surface area (Å²) in [6.07, 6.45) is 4.57. The summed E-state index contributed by atoms with van der Waals surface area (Å²) in [5, 5.41) is 13.4. The molecule has 0 saturated carbocycles. The number of fused-ring (bicyclic) bond motifs is 1. The van der Waals surface area contributed by atoms with Gasteiger partial charge in [0.2, 0.25) is 0 Å². The molecule has 3 rings (SSSR count). The Bertz CT molecular complexity index is 789. The predicted octanol–water partition coefficient (Wildman–Crippen LogP) is 3.10. The Kier molecular flexibility index (Phi) is 3.05. The zero-order chi connectivity index (χ0) is 13.9. The summed E-state index contributed by atoms with van der Waals surface area (Å²) in [6.45, 7) is 0. The van der Waals surface area contributed by atoms with E-state index in [1.807, 2.05) is 54.7 Å². The van der Waals surface area contributed by atoms with E-state index in [4.69, 9.17) is 5.11 Å². The average molecular weight is 264 g/mol. The molecule has 4 nitrogen and oxygen atoms in total. The molecule has 0 aliphatic heterocycles. The molecule has 1 aromatic carbocycles. The van der Waals surface area contributed by atoms with Crippen LogP contribution in [0.1, 0.15) is 5.56 Å². The Morgan fingerprint density at radius 2 is 1.85 bits per heavy atom. The maximum Gasteiger partial charge on any atom is 0.328 e. The van der Waals surface area contributed by atoms with Crippen molar-refractivity contribution in [3.05, 3.63) is 66.4 Å². The smallest absolute Gasteiger partial charge is 0.328 e. The van der Waals surface area contributed by atoms with Crippen molar-refractivity contribution >= 4 is 17.6 Å². The third-order valence-electron chi connectivity index (χ3n) is 3.02. The van der Waals surface area contributed by atoms with Gasteiger partial charge in [0.15, 0.2) is 0 Å². The molecule has 0 unspecified atom stereocenters. The molecule has 0 bridgehead atoms.